The molecule has 0 saturated carbocycles. The van der Waals surface area contributed by atoms with E-state index in [1.165, 1.54) is 22.2 Å². The fourth-order valence-corrected chi connectivity index (χ4v) is 6.22. The summed E-state index contributed by atoms with van der Waals surface area (Å²) in [5.41, 5.74) is 9.30. The monoisotopic (exact) mass is 473 g/mol. The smallest absolute Gasteiger partial charge is 0.349 e. The lowest BCUT2D eigenvalue weighted by Crippen LogP contribution is -2.44. The molecule has 0 radical (unpaired) electrons. The number of esters is 1. The number of hydrogen-bond donors (Lipinski definition) is 2. The normalized spacial score (nSPS) is 19.6. The average molecular weight is 474 g/mol. The lowest BCUT2D eigenvalue weighted by atomic mass is 9.80. The molecule has 1 aliphatic rings. The maximum absolute atomic E-state index is 13.2. The van der Waals surface area contributed by atoms with Crippen LogP contribution in [0.25, 0.3) is 0 Å². The molecule has 32 heavy (non-hydrogen) atoms. The molecule has 1 unspecified atom stereocenters. The van der Waals surface area contributed by atoms with Crippen molar-refractivity contribution in [3.8, 4) is 0 Å². The lowest BCUT2D eigenvalue weighted by molar-refractivity contribution is -0.164. The maximum atomic E-state index is 13.2. The third kappa shape index (κ3) is 5.01. The van der Waals surface area contributed by atoms with Gasteiger partial charge in [0.25, 0.3) is 0 Å². The van der Waals surface area contributed by atoms with E-state index in [0.717, 1.165) is 28.1 Å². The second-order valence-electron chi connectivity index (χ2n) is 10.1. The first-order valence-electron chi connectivity index (χ1n) is 11.1. The number of hydrogen-bond acceptors (Lipinski definition) is 6. The van der Waals surface area contributed by atoms with Gasteiger partial charge in [0.05, 0.1) is 0 Å². The number of carbonyl (C=O) groups excluding carboxylic acids is 1. The van der Waals surface area contributed by atoms with Gasteiger partial charge in [-0.3, -0.25) is 0 Å². The molecule has 0 aliphatic carbocycles. The highest BCUT2D eigenvalue weighted by molar-refractivity contribution is 8.04. The van der Waals surface area contributed by atoms with Crippen molar-refractivity contribution in [3.63, 3.8) is 0 Å². The van der Waals surface area contributed by atoms with Crippen molar-refractivity contribution in [1.82, 2.24) is 0 Å². The third-order valence-electron chi connectivity index (χ3n) is 6.39. The Labute approximate surface area is 200 Å². The van der Waals surface area contributed by atoms with Crippen molar-refractivity contribution < 1.29 is 14.6 Å². The first kappa shape index (κ1) is 24.7. The van der Waals surface area contributed by atoms with Crippen LogP contribution in [-0.4, -0.2) is 16.7 Å². The van der Waals surface area contributed by atoms with E-state index >= 15 is 0 Å². The molecule has 174 valence electrons. The highest BCUT2D eigenvalue weighted by Gasteiger charge is 2.44. The minimum absolute atomic E-state index is 0.0873. The minimum atomic E-state index is -0.703. The summed E-state index contributed by atoms with van der Waals surface area (Å²) >= 11 is 3.02. The molecule has 0 spiro atoms. The number of nitrogens with two attached hydrogens (primary N) is 1. The van der Waals surface area contributed by atoms with E-state index in [2.05, 4.69) is 53.0 Å². The third-order valence-corrected chi connectivity index (χ3v) is 8.64. The van der Waals surface area contributed by atoms with Crippen LogP contribution in [0.1, 0.15) is 69.0 Å². The van der Waals surface area contributed by atoms with Crippen molar-refractivity contribution in [2.75, 3.05) is 5.73 Å². The van der Waals surface area contributed by atoms with Crippen LogP contribution in [-0.2, 0) is 21.4 Å². The summed E-state index contributed by atoms with van der Waals surface area (Å²) in [6, 6.07) is 6.09. The molecule has 6 heteroatoms. The summed E-state index contributed by atoms with van der Waals surface area (Å²) in [7, 11) is 0. The molecular formula is C26H35NO3S2. The summed E-state index contributed by atoms with van der Waals surface area (Å²) in [5, 5.41) is 13.1. The number of aliphatic hydroxyl groups is 1. The quantitative estimate of drug-likeness (QED) is 0.346. The highest BCUT2D eigenvalue weighted by atomic mass is 32.2. The molecule has 1 aromatic heterocycles. The van der Waals surface area contributed by atoms with Crippen LogP contribution in [0.3, 0.4) is 0 Å². The van der Waals surface area contributed by atoms with Crippen molar-refractivity contribution in [2.24, 2.45) is 5.92 Å². The number of aliphatic hydroxyl groups excluding tert-OH is 1. The molecular weight excluding hydrogens is 438 g/mol. The SMILES string of the molecule is Cc1cc(SC2=C(O)CC(CCc3sccc3C)(C(C)C)OC2=O)c(C(C)(C)C)cc1N. The van der Waals surface area contributed by atoms with Crippen LogP contribution in [0.5, 0.6) is 0 Å². The maximum Gasteiger partial charge on any atom is 0.349 e. The van der Waals surface area contributed by atoms with Crippen molar-refractivity contribution in [1.29, 1.82) is 0 Å². The van der Waals surface area contributed by atoms with E-state index in [1.54, 1.807) is 11.3 Å². The number of thioether (sulfide) groups is 1. The van der Waals surface area contributed by atoms with Gasteiger partial charge in [0, 0.05) is 21.9 Å². The van der Waals surface area contributed by atoms with Gasteiger partial charge in [-0.05, 0) is 78.3 Å². The van der Waals surface area contributed by atoms with Crippen LogP contribution in [0.15, 0.2) is 39.1 Å². The summed E-state index contributed by atoms with van der Waals surface area (Å²) < 4.78 is 6.11. The van der Waals surface area contributed by atoms with Crippen LogP contribution in [0, 0.1) is 19.8 Å². The fraction of sp³-hybridized carbons (Fsp3) is 0.500. The zero-order valence-electron chi connectivity index (χ0n) is 20.2. The molecule has 4 nitrogen and oxygen atoms in total. The first-order valence-corrected chi connectivity index (χ1v) is 12.8. The van der Waals surface area contributed by atoms with Gasteiger partial charge < -0.3 is 15.6 Å². The Morgan fingerprint density at radius 2 is 1.94 bits per heavy atom. The average Bonchev–Trinajstić information content (AvgIpc) is 3.09. The fourth-order valence-electron chi connectivity index (χ4n) is 4.06. The number of anilines is 1. The van der Waals surface area contributed by atoms with E-state index in [1.807, 2.05) is 19.1 Å². The lowest BCUT2D eigenvalue weighted by Gasteiger charge is -2.40. The molecule has 1 aliphatic heterocycles. The number of aryl methyl sites for hydroxylation is 3. The van der Waals surface area contributed by atoms with E-state index < -0.39 is 11.6 Å². The minimum Gasteiger partial charge on any atom is -0.511 e. The molecule has 0 saturated heterocycles. The second-order valence-corrected chi connectivity index (χ2v) is 12.2. The molecule has 1 atom stereocenters. The first-order chi connectivity index (χ1) is 14.8. The van der Waals surface area contributed by atoms with Gasteiger partial charge in [-0.1, -0.05) is 46.4 Å². The van der Waals surface area contributed by atoms with E-state index in [-0.39, 0.29) is 22.0 Å². The summed E-state index contributed by atoms with van der Waals surface area (Å²) in [6.07, 6.45) is 1.85. The van der Waals surface area contributed by atoms with Crippen molar-refractivity contribution in [3.05, 3.63) is 55.8 Å². The highest BCUT2D eigenvalue weighted by Crippen LogP contribution is 2.45. The zero-order chi connectivity index (χ0) is 23.8. The van der Waals surface area contributed by atoms with Crippen LogP contribution in [0.2, 0.25) is 0 Å². The van der Waals surface area contributed by atoms with E-state index in [9.17, 15) is 9.90 Å². The predicted molar refractivity (Wildman–Crippen MR) is 135 cm³/mol. The molecule has 0 bridgehead atoms. The van der Waals surface area contributed by atoms with Crippen LogP contribution >= 0.6 is 23.1 Å². The summed E-state index contributed by atoms with van der Waals surface area (Å²) in [6.45, 7) is 14.5. The largest absolute Gasteiger partial charge is 0.511 e. The van der Waals surface area contributed by atoms with Crippen molar-refractivity contribution in [2.45, 2.75) is 83.6 Å². The molecule has 2 heterocycles. The molecule has 1 aromatic carbocycles. The van der Waals surface area contributed by atoms with Crippen LogP contribution < -0.4 is 5.73 Å². The Hall–Kier alpha value is -1.92. The Morgan fingerprint density at radius 1 is 1.25 bits per heavy atom. The molecule has 3 rings (SSSR count). The number of ether oxygens (including phenoxy) is 1. The topological polar surface area (TPSA) is 72.5 Å². The standard InChI is InChI=1S/C26H35NO3S2/c1-15(2)26(10-8-21-16(3)9-11-31-21)14-20(28)23(24(29)30-26)32-22-12-17(4)19(27)13-18(22)25(5,6)7/h9,11-13,15,28H,8,10,14,27H2,1-7H3. The molecule has 3 N–H and O–H groups in total. The van der Waals surface area contributed by atoms with Gasteiger partial charge >= 0.3 is 5.97 Å². The van der Waals surface area contributed by atoms with Gasteiger partial charge in [-0.2, -0.15) is 0 Å². The second kappa shape index (κ2) is 9.14. The van der Waals surface area contributed by atoms with Gasteiger partial charge in [0.15, 0.2) is 0 Å². The number of carbonyl (C=O) groups is 1. The zero-order valence-corrected chi connectivity index (χ0v) is 21.8. The number of thiophene rings is 1. The summed E-state index contributed by atoms with van der Waals surface area (Å²) in [5.74, 6) is -0.230. The van der Waals surface area contributed by atoms with Gasteiger partial charge in [-0.15, -0.1) is 11.3 Å². The van der Waals surface area contributed by atoms with Crippen molar-refractivity contribution >= 4 is 34.8 Å². The van der Waals surface area contributed by atoms with E-state index in [0.29, 0.717) is 12.8 Å². The number of nitrogen functional groups attached to an aromatic ring is 1. The Bertz CT molecular complexity index is 1050. The number of benzene rings is 1. The van der Waals surface area contributed by atoms with Gasteiger partial charge in [0.1, 0.15) is 16.3 Å². The summed E-state index contributed by atoms with van der Waals surface area (Å²) in [4.78, 5) is 15.7. The number of cyclic esters (lactones) is 1. The Morgan fingerprint density at radius 3 is 2.47 bits per heavy atom. The Kier molecular flexibility index (Phi) is 7.06. The van der Waals surface area contributed by atoms with Gasteiger partial charge in [0.2, 0.25) is 0 Å². The Balaban J connectivity index is 1.92. The van der Waals surface area contributed by atoms with E-state index in [4.69, 9.17) is 10.5 Å². The number of rotatable bonds is 6. The molecule has 0 amide bonds. The molecule has 2 aromatic rings. The molecule has 0 fully saturated rings. The predicted octanol–water partition coefficient (Wildman–Crippen LogP) is 7.08. The van der Waals surface area contributed by atoms with Crippen LogP contribution in [0.4, 0.5) is 5.69 Å². The van der Waals surface area contributed by atoms with Gasteiger partial charge in [-0.25, -0.2) is 4.79 Å².